The fourth-order valence-corrected chi connectivity index (χ4v) is 2.09. The van der Waals surface area contributed by atoms with Crippen LogP contribution in [0, 0.1) is 0 Å². The van der Waals surface area contributed by atoms with E-state index in [1.165, 1.54) is 11.3 Å². The predicted octanol–water partition coefficient (Wildman–Crippen LogP) is 2.37. The molecule has 1 atom stereocenters. The first-order valence-corrected chi connectivity index (χ1v) is 5.61. The second kappa shape index (κ2) is 4.30. The van der Waals surface area contributed by atoms with Gasteiger partial charge in [-0.15, -0.1) is 11.3 Å². The van der Waals surface area contributed by atoms with Gasteiger partial charge < -0.3 is 9.63 Å². The minimum atomic E-state index is -0.481. The lowest BCUT2D eigenvalue weighted by Gasteiger charge is -1.95. The molecule has 4 nitrogen and oxygen atoms in total. The minimum Gasteiger partial charge on any atom is -0.393 e. The molecule has 0 radical (unpaired) electrons. The van der Waals surface area contributed by atoms with Crippen molar-refractivity contribution in [3.05, 3.63) is 22.4 Å². The highest BCUT2D eigenvalue weighted by molar-refractivity contribution is 7.19. The maximum Gasteiger partial charge on any atom is 0.229 e. The molecule has 0 aliphatic heterocycles. The quantitative estimate of drug-likeness (QED) is 0.901. The van der Waals surface area contributed by atoms with Crippen LogP contribution in [0.2, 0.25) is 4.34 Å². The third-order valence-electron chi connectivity index (χ3n) is 1.73. The van der Waals surface area contributed by atoms with Gasteiger partial charge in [0.05, 0.1) is 21.7 Å². The van der Waals surface area contributed by atoms with Gasteiger partial charge in [-0.25, -0.2) is 0 Å². The van der Waals surface area contributed by atoms with Crippen LogP contribution in [-0.2, 0) is 6.42 Å². The van der Waals surface area contributed by atoms with Crippen molar-refractivity contribution in [1.82, 2.24) is 10.1 Å². The Hall–Kier alpha value is -0.910. The Balaban J connectivity index is 2.20. The first-order chi connectivity index (χ1) is 7.15. The number of halogens is 1. The van der Waals surface area contributed by atoms with Crippen LogP contribution in [0.4, 0.5) is 0 Å². The van der Waals surface area contributed by atoms with E-state index >= 15 is 0 Å². The number of aromatic nitrogens is 2. The van der Waals surface area contributed by atoms with Crippen LogP contribution >= 0.6 is 22.9 Å². The topological polar surface area (TPSA) is 59.2 Å². The van der Waals surface area contributed by atoms with Crippen LogP contribution < -0.4 is 0 Å². The second-order valence-electron chi connectivity index (χ2n) is 3.17. The van der Waals surface area contributed by atoms with E-state index in [0.717, 1.165) is 4.88 Å². The lowest BCUT2D eigenvalue weighted by atomic mass is 10.3. The largest absolute Gasteiger partial charge is 0.393 e. The Bertz CT molecular complexity index is 452. The molecule has 0 saturated carbocycles. The fourth-order valence-electron chi connectivity index (χ4n) is 1.13. The summed E-state index contributed by atoms with van der Waals surface area (Å²) in [5.74, 6) is 0.951. The van der Waals surface area contributed by atoms with Gasteiger partial charge in [0.25, 0.3) is 0 Å². The van der Waals surface area contributed by atoms with Crippen molar-refractivity contribution in [2.24, 2.45) is 0 Å². The summed E-state index contributed by atoms with van der Waals surface area (Å²) in [6.45, 7) is 1.67. The van der Waals surface area contributed by atoms with Gasteiger partial charge in [0, 0.05) is 0 Å². The number of aliphatic hydroxyl groups excluding tert-OH is 1. The van der Waals surface area contributed by atoms with Crippen LogP contribution in [0.15, 0.2) is 16.7 Å². The number of hydrogen-bond acceptors (Lipinski definition) is 5. The zero-order chi connectivity index (χ0) is 10.8. The third kappa shape index (κ3) is 2.56. The molecule has 1 unspecified atom stereocenters. The third-order valence-corrected chi connectivity index (χ3v) is 2.96. The van der Waals surface area contributed by atoms with Crippen molar-refractivity contribution >= 4 is 22.9 Å². The lowest BCUT2D eigenvalue weighted by Crippen LogP contribution is -2.04. The Morgan fingerprint density at radius 3 is 3.00 bits per heavy atom. The van der Waals surface area contributed by atoms with Crippen molar-refractivity contribution in [3.8, 4) is 10.7 Å². The van der Waals surface area contributed by atoms with Crippen LogP contribution in [0.1, 0.15) is 12.8 Å². The van der Waals surface area contributed by atoms with Gasteiger partial charge >= 0.3 is 0 Å². The molecular formula is C9H9ClN2O2S. The highest BCUT2D eigenvalue weighted by Gasteiger charge is 2.11. The van der Waals surface area contributed by atoms with E-state index < -0.39 is 6.10 Å². The average Bonchev–Trinajstić information content (AvgIpc) is 2.72. The van der Waals surface area contributed by atoms with E-state index in [4.69, 9.17) is 21.2 Å². The molecule has 0 amide bonds. The SMILES string of the molecule is CC(O)Cc1nc(-c2ccc(Cl)s2)no1. The molecule has 1 N–H and O–H groups in total. The molecule has 0 bridgehead atoms. The molecule has 15 heavy (non-hydrogen) atoms. The van der Waals surface area contributed by atoms with Gasteiger partial charge in [0.15, 0.2) is 0 Å². The van der Waals surface area contributed by atoms with Gasteiger partial charge in [0.2, 0.25) is 11.7 Å². The maximum atomic E-state index is 9.14. The highest BCUT2D eigenvalue weighted by Crippen LogP contribution is 2.28. The van der Waals surface area contributed by atoms with Crippen molar-refractivity contribution in [2.75, 3.05) is 0 Å². The van der Waals surface area contributed by atoms with Gasteiger partial charge in [-0.3, -0.25) is 0 Å². The smallest absolute Gasteiger partial charge is 0.229 e. The number of rotatable bonds is 3. The molecule has 0 aliphatic rings. The summed E-state index contributed by atoms with van der Waals surface area (Å²) >= 11 is 7.18. The summed E-state index contributed by atoms with van der Waals surface area (Å²) < 4.78 is 5.67. The summed E-state index contributed by atoms with van der Waals surface area (Å²) in [4.78, 5) is 5.01. The molecule has 0 spiro atoms. The zero-order valence-electron chi connectivity index (χ0n) is 7.98. The van der Waals surface area contributed by atoms with Crippen molar-refractivity contribution in [3.63, 3.8) is 0 Å². The maximum absolute atomic E-state index is 9.14. The molecule has 80 valence electrons. The molecule has 2 heterocycles. The average molecular weight is 245 g/mol. The van der Waals surface area contributed by atoms with E-state index in [1.807, 2.05) is 6.07 Å². The summed E-state index contributed by atoms with van der Waals surface area (Å²) in [5.41, 5.74) is 0. The standard InChI is InChI=1S/C9H9ClN2O2S/c1-5(13)4-8-11-9(12-14-8)6-2-3-7(10)15-6/h2-3,5,13H,4H2,1H3. The van der Waals surface area contributed by atoms with Crippen molar-refractivity contribution < 1.29 is 9.63 Å². The summed E-state index contributed by atoms with van der Waals surface area (Å²) in [5, 5.41) is 13.0. The van der Waals surface area contributed by atoms with Crippen molar-refractivity contribution in [2.45, 2.75) is 19.4 Å². The van der Waals surface area contributed by atoms with Gasteiger partial charge in [-0.1, -0.05) is 16.8 Å². The predicted molar refractivity (Wildman–Crippen MR) is 58.0 cm³/mol. The number of aliphatic hydroxyl groups is 1. The van der Waals surface area contributed by atoms with Crippen molar-refractivity contribution in [1.29, 1.82) is 0 Å². The normalized spacial score (nSPS) is 13.0. The lowest BCUT2D eigenvalue weighted by molar-refractivity contribution is 0.181. The Kier molecular flexibility index (Phi) is 3.04. The van der Waals surface area contributed by atoms with Gasteiger partial charge in [0.1, 0.15) is 0 Å². The van der Waals surface area contributed by atoms with E-state index in [2.05, 4.69) is 10.1 Å². The molecule has 0 aromatic carbocycles. The number of nitrogens with zero attached hydrogens (tertiary/aromatic N) is 2. The number of thiophene rings is 1. The molecule has 6 heteroatoms. The van der Waals surface area contributed by atoms with Crippen LogP contribution in [0.3, 0.4) is 0 Å². The fraction of sp³-hybridized carbons (Fsp3) is 0.333. The first-order valence-electron chi connectivity index (χ1n) is 4.41. The van der Waals surface area contributed by atoms with E-state index in [1.54, 1.807) is 13.0 Å². The molecule has 2 aromatic rings. The molecule has 2 aromatic heterocycles. The summed E-state index contributed by atoms with van der Waals surface area (Å²) in [6.07, 6.45) is -0.114. The monoisotopic (exact) mass is 244 g/mol. The Morgan fingerprint density at radius 1 is 1.60 bits per heavy atom. The Labute approximate surface area is 95.5 Å². The first kappa shape index (κ1) is 10.6. The molecule has 0 aliphatic carbocycles. The summed E-state index contributed by atoms with van der Waals surface area (Å²) in [7, 11) is 0. The highest BCUT2D eigenvalue weighted by atomic mass is 35.5. The van der Waals surface area contributed by atoms with Crippen LogP contribution in [0.25, 0.3) is 10.7 Å². The van der Waals surface area contributed by atoms with E-state index in [-0.39, 0.29) is 0 Å². The minimum absolute atomic E-state index is 0.367. The van der Waals surface area contributed by atoms with Gasteiger partial charge in [-0.2, -0.15) is 4.98 Å². The van der Waals surface area contributed by atoms with Crippen LogP contribution in [-0.4, -0.2) is 21.4 Å². The second-order valence-corrected chi connectivity index (χ2v) is 4.88. The van der Waals surface area contributed by atoms with E-state index in [0.29, 0.717) is 22.5 Å². The van der Waals surface area contributed by atoms with Crippen LogP contribution in [0.5, 0.6) is 0 Å². The molecule has 2 rings (SSSR count). The molecule has 0 saturated heterocycles. The molecule has 0 fully saturated rings. The molecular weight excluding hydrogens is 236 g/mol. The van der Waals surface area contributed by atoms with Gasteiger partial charge in [-0.05, 0) is 19.1 Å². The van der Waals surface area contributed by atoms with E-state index in [9.17, 15) is 0 Å². The Morgan fingerprint density at radius 2 is 2.40 bits per heavy atom. The zero-order valence-corrected chi connectivity index (χ0v) is 9.55. The summed E-state index contributed by atoms with van der Waals surface area (Å²) in [6, 6.07) is 3.62. The number of hydrogen-bond donors (Lipinski definition) is 1.